The molecule has 3 rings (SSSR count). The van der Waals surface area contributed by atoms with Crippen LogP contribution in [0.4, 0.5) is 5.69 Å². The third kappa shape index (κ3) is 8.58. The van der Waals surface area contributed by atoms with Gasteiger partial charge >= 0.3 is 0 Å². The zero-order valence-electron chi connectivity index (χ0n) is 25.8. The number of rotatable bonds is 14. The van der Waals surface area contributed by atoms with E-state index in [4.69, 9.17) is 32.7 Å². The molecule has 238 valence electrons. The Balaban J connectivity index is 2.10. The minimum absolute atomic E-state index is 0.00146. The molecule has 0 heterocycles. The van der Waals surface area contributed by atoms with Crippen LogP contribution in [-0.4, -0.2) is 58.5 Å². The minimum atomic E-state index is -4.30. The van der Waals surface area contributed by atoms with Gasteiger partial charge in [-0.3, -0.25) is 13.9 Å². The summed E-state index contributed by atoms with van der Waals surface area (Å²) in [5, 5.41) is 3.55. The van der Waals surface area contributed by atoms with Gasteiger partial charge in [-0.25, -0.2) is 8.42 Å². The van der Waals surface area contributed by atoms with Gasteiger partial charge in [-0.2, -0.15) is 0 Å². The highest BCUT2D eigenvalue weighted by molar-refractivity contribution is 7.92. The lowest BCUT2D eigenvalue weighted by atomic mass is 10.1. The summed E-state index contributed by atoms with van der Waals surface area (Å²) < 4.78 is 40.0. The molecule has 2 amide bonds. The van der Waals surface area contributed by atoms with Crippen LogP contribution in [0.3, 0.4) is 0 Å². The number of carbonyl (C=O) groups excluding carboxylic acids is 2. The van der Waals surface area contributed by atoms with Gasteiger partial charge in [-0.15, -0.1) is 0 Å². The van der Waals surface area contributed by atoms with E-state index in [2.05, 4.69) is 5.32 Å². The van der Waals surface area contributed by atoms with Crippen LogP contribution >= 0.6 is 23.2 Å². The van der Waals surface area contributed by atoms with Crippen molar-refractivity contribution in [2.45, 2.75) is 51.6 Å². The molecule has 12 heteroatoms. The second-order valence-corrected chi connectivity index (χ2v) is 13.4. The fourth-order valence-corrected chi connectivity index (χ4v) is 6.27. The lowest BCUT2D eigenvalue weighted by Crippen LogP contribution is -2.52. The van der Waals surface area contributed by atoms with Crippen LogP contribution in [0.15, 0.2) is 65.6 Å². The summed E-state index contributed by atoms with van der Waals surface area (Å²) in [6, 6.07) is 15.1. The van der Waals surface area contributed by atoms with Crippen molar-refractivity contribution >= 4 is 50.7 Å². The van der Waals surface area contributed by atoms with Gasteiger partial charge in [0.05, 0.1) is 34.8 Å². The number of ether oxygens (including phenoxy) is 2. The summed E-state index contributed by atoms with van der Waals surface area (Å²) in [7, 11) is -1.44. The number of aryl methyl sites for hydroxylation is 1. The number of halogens is 2. The van der Waals surface area contributed by atoms with Gasteiger partial charge in [0.25, 0.3) is 10.0 Å². The molecule has 0 radical (unpaired) electrons. The van der Waals surface area contributed by atoms with E-state index in [1.807, 2.05) is 20.8 Å². The standard InChI is InChI=1S/C32H39Cl2N3O6S/c1-7-28(32(39)35-18-21(2)3)36(19-23-10-14-26(33)27(34)16-23)31(38)20-37(24-11-8-22(4)9-12-24)44(40,41)25-13-15-29(42-5)30(17-25)43-6/h8-17,21,28H,7,18-20H2,1-6H3,(H,35,39). The molecule has 1 unspecified atom stereocenters. The SMILES string of the molecule is CCC(C(=O)NCC(C)C)N(Cc1ccc(Cl)c(Cl)c1)C(=O)CN(c1ccc(C)cc1)S(=O)(=O)c1ccc(OC)c(OC)c1. The van der Waals surface area contributed by atoms with E-state index in [-0.39, 0.29) is 34.7 Å². The smallest absolute Gasteiger partial charge is 0.264 e. The van der Waals surface area contributed by atoms with Crippen LogP contribution in [0, 0.1) is 12.8 Å². The predicted molar refractivity (Wildman–Crippen MR) is 174 cm³/mol. The van der Waals surface area contributed by atoms with Crippen molar-refractivity contribution in [1.82, 2.24) is 10.2 Å². The van der Waals surface area contributed by atoms with Gasteiger partial charge in [-0.1, -0.05) is 67.7 Å². The molecule has 0 aliphatic heterocycles. The van der Waals surface area contributed by atoms with Gasteiger partial charge < -0.3 is 19.7 Å². The molecule has 1 N–H and O–H groups in total. The third-order valence-corrected chi connectivity index (χ3v) is 9.46. The zero-order valence-corrected chi connectivity index (χ0v) is 28.1. The number of carbonyl (C=O) groups is 2. The lowest BCUT2D eigenvalue weighted by molar-refractivity contribution is -0.140. The first-order chi connectivity index (χ1) is 20.8. The molecule has 0 aromatic heterocycles. The number of benzene rings is 3. The van der Waals surface area contributed by atoms with Gasteiger partial charge in [-0.05, 0) is 61.2 Å². The van der Waals surface area contributed by atoms with Crippen LogP contribution in [0.25, 0.3) is 0 Å². The Morgan fingerprint density at radius 2 is 1.57 bits per heavy atom. The molecule has 3 aromatic carbocycles. The number of hydrogen-bond donors (Lipinski definition) is 1. The lowest BCUT2D eigenvalue weighted by Gasteiger charge is -2.33. The predicted octanol–water partition coefficient (Wildman–Crippen LogP) is 6.09. The second-order valence-electron chi connectivity index (χ2n) is 10.7. The molecule has 0 aliphatic carbocycles. The summed E-state index contributed by atoms with van der Waals surface area (Å²) >= 11 is 12.4. The van der Waals surface area contributed by atoms with E-state index in [0.717, 1.165) is 9.87 Å². The molecule has 44 heavy (non-hydrogen) atoms. The topological polar surface area (TPSA) is 105 Å². The van der Waals surface area contributed by atoms with Gasteiger partial charge in [0.1, 0.15) is 12.6 Å². The zero-order chi connectivity index (χ0) is 32.6. The first-order valence-corrected chi connectivity index (χ1v) is 16.3. The highest BCUT2D eigenvalue weighted by Gasteiger charge is 2.34. The number of methoxy groups -OCH3 is 2. The first kappa shape index (κ1) is 35.0. The Bertz CT molecular complexity index is 1560. The van der Waals surface area contributed by atoms with E-state index in [0.29, 0.717) is 34.3 Å². The Morgan fingerprint density at radius 3 is 2.14 bits per heavy atom. The number of nitrogens with one attached hydrogen (secondary N) is 1. The first-order valence-electron chi connectivity index (χ1n) is 14.1. The molecular weight excluding hydrogens is 625 g/mol. The molecule has 0 fully saturated rings. The normalized spacial score (nSPS) is 12.0. The van der Waals surface area contributed by atoms with Crippen LogP contribution in [0.5, 0.6) is 11.5 Å². The molecule has 0 bridgehead atoms. The van der Waals surface area contributed by atoms with Crippen molar-refractivity contribution in [3.05, 3.63) is 81.8 Å². The van der Waals surface area contributed by atoms with E-state index in [1.165, 1.54) is 37.3 Å². The highest BCUT2D eigenvalue weighted by Crippen LogP contribution is 2.33. The number of anilines is 1. The third-order valence-electron chi connectivity index (χ3n) is 6.95. The van der Waals surface area contributed by atoms with Crippen molar-refractivity contribution in [2.24, 2.45) is 5.92 Å². The fraction of sp³-hybridized carbons (Fsp3) is 0.375. The quantitative estimate of drug-likeness (QED) is 0.224. The maximum Gasteiger partial charge on any atom is 0.264 e. The van der Waals surface area contributed by atoms with E-state index >= 15 is 0 Å². The summed E-state index contributed by atoms with van der Waals surface area (Å²) in [5.74, 6) is -0.140. The van der Waals surface area contributed by atoms with Gasteiger partial charge in [0.2, 0.25) is 11.8 Å². The fourth-order valence-electron chi connectivity index (χ4n) is 4.52. The van der Waals surface area contributed by atoms with Gasteiger partial charge in [0, 0.05) is 19.2 Å². The molecule has 0 aliphatic rings. The monoisotopic (exact) mass is 663 g/mol. The van der Waals surface area contributed by atoms with Crippen LogP contribution in [0.2, 0.25) is 10.0 Å². The van der Waals surface area contributed by atoms with Crippen molar-refractivity contribution in [3.8, 4) is 11.5 Å². The van der Waals surface area contributed by atoms with Gasteiger partial charge in [0.15, 0.2) is 11.5 Å². The Hall–Kier alpha value is -3.47. The van der Waals surface area contributed by atoms with E-state index < -0.39 is 28.5 Å². The largest absolute Gasteiger partial charge is 0.493 e. The molecule has 0 saturated carbocycles. The molecule has 0 spiro atoms. The van der Waals surface area contributed by atoms with Crippen LogP contribution < -0.4 is 19.1 Å². The number of hydrogen-bond acceptors (Lipinski definition) is 6. The second kappa shape index (κ2) is 15.5. The number of nitrogens with zero attached hydrogens (tertiary/aromatic N) is 2. The number of amides is 2. The Labute approximate surface area is 270 Å². The molecular formula is C32H39Cl2N3O6S. The van der Waals surface area contributed by atoms with Crippen molar-refractivity contribution in [1.29, 1.82) is 0 Å². The molecule has 9 nitrogen and oxygen atoms in total. The van der Waals surface area contributed by atoms with E-state index in [9.17, 15) is 18.0 Å². The van der Waals surface area contributed by atoms with Crippen molar-refractivity contribution in [3.63, 3.8) is 0 Å². The van der Waals surface area contributed by atoms with Crippen molar-refractivity contribution < 1.29 is 27.5 Å². The van der Waals surface area contributed by atoms with E-state index in [1.54, 1.807) is 49.4 Å². The maximum atomic E-state index is 14.2. The maximum absolute atomic E-state index is 14.2. The Kier molecular flexibility index (Phi) is 12.3. The molecule has 3 aromatic rings. The minimum Gasteiger partial charge on any atom is -0.493 e. The summed E-state index contributed by atoms with van der Waals surface area (Å²) in [6.45, 7) is 7.47. The van der Waals surface area contributed by atoms with Crippen LogP contribution in [0.1, 0.15) is 38.3 Å². The molecule has 0 saturated heterocycles. The number of sulfonamides is 1. The summed E-state index contributed by atoms with van der Waals surface area (Å²) in [6.07, 6.45) is 0.296. The Morgan fingerprint density at radius 1 is 0.909 bits per heavy atom. The highest BCUT2D eigenvalue weighted by atomic mass is 35.5. The average molecular weight is 665 g/mol. The molecule has 1 atom stereocenters. The average Bonchev–Trinajstić information content (AvgIpc) is 3.00. The summed E-state index contributed by atoms with van der Waals surface area (Å²) in [4.78, 5) is 28.9. The van der Waals surface area contributed by atoms with Crippen LogP contribution in [-0.2, 0) is 26.2 Å². The summed E-state index contributed by atoms with van der Waals surface area (Å²) in [5.41, 5.74) is 1.83. The van der Waals surface area contributed by atoms with Crippen molar-refractivity contribution in [2.75, 3.05) is 31.6 Å².